The van der Waals surface area contributed by atoms with Crippen LogP contribution >= 0.6 is 0 Å². The number of nitro groups is 1. The van der Waals surface area contributed by atoms with Crippen molar-refractivity contribution in [1.82, 2.24) is 9.55 Å². The number of rotatable bonds is 5. The molecular formula is C15H15FN4O4Se. The van der Waals surface area contributed by atoms with E-state index in [9.17, 15) is 19.3 Å². The number of para-hydroxylation sites is 1. The molecular weight excluding hydrogens is 398 g/mol. The van der Waals surface area contributed by atoms with Crippen LogP contribution in [0.3, 0.4) is 0 Å². The first kappa shape index (κ1) is 17.5. The normalized spacial score (nSPS) is 22.8. The Bertz CT molecular complexity index is 846. The fourth-order valence-corrected chi connectivity index (χ4v) is 4.86. The molecule has 25 heavy (non-hydrogen) atoms. The molecule has 0 spiro atoms. The molecule has 132 valence electrons. The Hall–Kier alpha value is -2.29. The summed E-state index contributed by atoms with van der Waals surface area (Å²) in [4.78, 5) is 26.0. The topological polar surface area (TPSA) is 113 Å². The molecule has 1 saturated heterocycles. The van der Waals surface area contributed by atoms with Crippen molar-refractivity contribution < 1.29 is 14.1 Å². The Labute approximate surface area is 148 Å². The van der Waals surface area contributed by atoms with Crippen molar-refractivity contribution in [2.24, 2.45) is 0 Å². The van der Waals surface area contributed by atoms with Crippen LogP contribution in [0.15, 0.2) is 41.3 Å². The van der Waals surface area contributed by atoms with E-state index in [1.165, 1.54) is 22.9 Å². The summed E-state index contributed by atoms with van der Waals surface area (Å²) in [5, 5.41) is 11.4. The van der Waals surface area contributed by atoms with Gasteiger partial charge >= 0.3 is 148 Å². The molecule has 1 aromatic heterocycles. The predicted molar refractivity (Wildman–Crippen MR) is 89.6 cm³/mol. The number of benzene rings is 1. The maximum atomic E-state index is 14.3. The van der Waals surface area contributed by atoms with E-state index in [1.807, 2.05) is 0 Å². The van der Waals surface area contributed by atoms with Gasteiger partial charge in [0, 0.05) is 0 Å². The number of nitro benzene ring substituents is 1. The molecule has 0 radical (unpaired) electrons. The Balaban J connectivity index is 1.69. The molecule has 2 aromatic rings. The Kier molecular flexibility index (Phi) is 5.12. The first-order valence-corrected chi connectivity index (χ1v) is 9.53. The van der Waals surface area contributed by atoms with E-state index >= 15 is 0 Å². The quantitative estimate of drug-likeness (QED) is 0.441. The molecule has 3 rings (SSSR count). The zero-order chi connectivity index (χ0) is 18.0. The molecule has 3 atom stereocenters. The molecule has 0 amide bonds. The third-order valence-corrected chi connectivity index (χ3v) is 6.20. The second kappa shape index (κ2) is 7.30. The molecule has 1 aromatic carbocycles. The Morgan fingerprint density at radius 3 is 2.92 bits per heavy atom. The number of nitrogen functional groups attached to an aromatic ring is 1. The van der Waals surface area contributed by atoms with Crippen molar-refractivity contribution in [3.05, 3.63) is 57.1 Å². The molecule has 0 unspecified atom stereocenters. The minimum absolute atomic E-state index is 0.0309. The fraction of sp³-hybridized carbons (Fsp3) is 0.333. The minimum atomic E-state index is -1.25. The van der Waals surface area contributed by atoms with Crippen LogP contribution in [-0.4, -0.2) is 41.7 Å². The van der Waals surface area contributed by atoms with Crippen LogP contribution < -0.4 is 15.9 Å². The first-order chi connectivity index (χ1) is 12.0. The number of nitrogens with zero attached hydrogens (tertiary/aromatic N) is 3. The van der Waals surface area contributed by atoms with Crippen LogP contribution in [-0.2, 0) is 4.74 Å². The summed E-state index contributed by atoms with van der Waals surface area (Å²) in [6.07, 6.45) is -1.25. The molecule has 8 nitrogen and oxygen atoms in total. The number of ether oxygens (including phenoxy) is 1. The maximum absolute atomic E-state index is 14.3. The van der Waals surface area contributed by atoms with Gasteiger partial charge in [-0.2, -0.15) is 0 Å². The average molecular weight is 413 g/mol. The standard InChI is InChI=1S/C15H15FN4O4Se/c16-9-7-14(19-6-5-13(17)18-15(19)21)24-11(9)8-25-12-4-2-1-3-10(12)20(22)23/h1-6,9,11,14H,7-8H2,(H2,17,18,21)/t9-,11+,14+/m0/s1. The van der Waals surface area contributed by atoms with Crippen molar-refractivity contribution in [1.29, 1.82) is 0 Å². The van der Waals surface area contributed by atoms with Gasteiger partial charge in [0.05, 0.1) is 0 Å². The number of alkyl halides is 1. The molecule has 2 heterocycles. The van der Waals surface area contributed by atoms with E-state index in [0.29, 0.717) is 9.78 Å². The monoisotopic (exact) mass is 414 g/mol. The van der Waals surface area contributed by atoms with Crippen molar-refractivity contribution in [2.75, 3.05) is 5.73 Å². The molecule has 1 aliphatic rings. The third kappa shape index (κ3) is 3.87. The second-order valence-electron chi connectivity index (χ2n) is 5.46. The first-order valence-electron chi connectivity index (χ1n) is 7.46. The van der Waals surface area contributed by atoms with Gasteiger partial charge in [0.15, 0.2) is 0 Å². The fourth-order valence-electron chi connectivity index (χ4n) is 2.56. The number of anilines is 1. The zero-order valence-corrected chi connectivity index (χ0v) is 14.7. The van der Waals surface area contributed by atoms with Crippen molar-refractivity contribution in [3.8, 4) is 0 Å². The van der Waals surface area contributed by atoms with Crippen LogP contribution in [0.5, 0.6) is 0 Å². The molecule has 1 aliphatic heterocycles. The predicted octanol–water partition coefficient (Wildman–Crippen LogP) is 0.807. The summed E-state index contributed by atoms with van der Waals surface area (Å²) in [6, 6.07) is 7.87. The number of aromatic nitrogens is 2. The summed E-state index contributed by atoms with van der Waals surface area (Å²) in [5.74, 6) is 0.0901. The van der Waals surface area contributed by atoms with Crippen molar-refractivity contribution in [3.63, 3.8) is 0 Å². The van der Waals surface area contributed by atoms with Crippen LogP contribution in [0.25, 0.3) is 0 Å². The van der Waals surface area contributed by atoms with Gasteiger partial charge in [-0.25, -0.2) is 0 Å². The average Bonchev–Trinajstić information content (AvgIpc) is 2.93. The second-order valence-corrected chi connectivity index (χ2v) is 7.69. The van der Waals surface area contributed by atoms with Crippen LogP contribution in [0.1, 0.15) is 12.6 Å². The van der Waals surface area contributed by atoms with Crippen molar-refractivity contribution >= 4 is 30.9 Å². The summed E-state index contributed by atoms with van der Waals surface area (Å²) in [5.41, 5.74) is 4.88. The van der Waals surface area contributed by atoms with Crippen LogP contribution in [0.4, 0.5) is 15.9 Å². The van der Waals surface area contributed by atoms with E-state index in [-0.39, 0.29) is 32.9 Å². The van der Waals surface area contributed by atoms with E-state index in [2.05, 4.69) is 4.98 Å². The van der Waals surface area contributed by atoms with Gasteiger partial charge in [0.1, 0.15) is 0 Å². The van der Waals surface area contributed by atoms with Gasteiger partial charge in [0.25, 0.3) is 0 Å². The van der Waals surface area contributed by atoms with Gasteiger partial charge in [0.2, 0.25) is 0 Å². The summed E-state index contributed by atoms with van der Waals surface area (Å²) < 4.78 is 21.7. The van der Waals surface area contributed by atoms with E-state index in [1.54, 1.807) is 18.2 Å². The van der Waals surface area contributed by atoms with E-state index < -0.39 is 29.1 Å². The van der Waals surface area contributed by atoms with Crippen molar-refractivity contribution in [2.45, 2.75) is 30.2 Å². The third-order valence-electron chi connectivity index (χ3n) is 3.79. The van der Waals surface area contributed by atoms with Crippen LogP contribution in [0.2, 0.25) is 5.32 Å². The Morgan fingerprint density at radius 1 is 1.44 bits per heavy atom. The molecule has 2 N–H and O–H groups in total. The van der Waals surface area contributed by atoms with Gasteiger partial charge in [-0.3, -0.25) is 0 Å². The molecule has 1 fully saturated rings. The number of halogens is 1. The summed E-state index contributed by atoms with van der Waals surface area (Å²) in [7, 11) is 0. The zero-order valence-electron chi connectivity index (χ0n) is 12.9. The number of hydrogen-bond acceptors (Lipinski definition) is 6. The number of nitrogens with two attached hydrogens (primary N) is 1. The summed E-state index contributed by atoms with van der Waals surface area (Å²) >= 11 is -0.322. The van der Waals surface area contributed by atoms with E-state index in [4.69, 9.17) is 10.5 Å². The Morgan fingerprint density at radius 2 is 2.20 bits per heavy atom. The summed E-state index contributed by atoms with van der Waals surface area (Å²) in [6.45, 7) is 0. The molecule has 0 aliphatic carbocycles. The SMILES string of the molecule is Nc1ccn([C@H]2C[C@H](F)[C@@H](C[Se]c3ccccc3[N+](=O)[O-])O2)c(=O)n1. The van der Waals surface area contributed by atoms with Gasteiger partial charge in [-0.15, -0.1) is 0 Å². The van der Waals surface area contributed by atoms with Crippen LogP contribution in [0, 0.1) is 10.1 Å². The van der Waals surface area contributed by atoms with Gasteiger partial charge in [-0.05, 0) is 0 Å². The molecule has 10 heteroatoms. The molecule has 0 bridgehead atoms. The van der Waals surface area contributed by atoms with Gasteiger partial charge in [-0.1, -0.05) is 0 Å². The van der Waals surface area contributed by atoms with E-state index in [0.717, 1.165) is 0 Å². The molecule has 0 saturated carbocycles. The van der Waals surface area contributed by atoms with Gasteiger partial charge < -0.3 is 0 Å². The number of hydrogen-bond donors (Lipinski definition) is 1.